The van der Waals surface area contributed by atoms with Gasteiger partial charge < -0.3 is 9.88 Å². The summed E-state index contributed by atoms with van der Waals surface area (Å²) in [6.45, 7) is 5.51. The van der Waals surface area contributed by atoms with Crippen LogP contribution < -0.4 is 0 Å². The second-order valence-corrected chi connectivity index (χ2v) is 7.07. The number of piperidine rings is 1. The Morgan fingerprint density at radius 2 is 2.04 bits per heavy atom. The average Bonchev–Trinajstić information content (AvgIpc) is 3.04. The predicted molar refractivity (Wildman–Crippen MR) is 105 cm³/mol. The number of nitrogens with zero attached hydrogens (tertiary/aromatic N) is 4. The number of aromatic nitrogens is 4. The monoisotopic (exact) mass is 361 g/mol. The van der Waals surface area contributed by atoms with Crippen LogP contribution in [0, 0.1) is 13.8 Å². The molecule has 1 fully saturated rings. The number of likely N-dealkylation sites (tertiary alicyclic amines) is 1. The van der Waals surface area contributed by atoms with E-state index in [-0.39, 0.29) is 11.8 Å². The average molecular weight is 361 g/mol. The molecule has 1 saturated heterocycles. The van der Waals surface area contributed by atoms with Crippen molar-refractivity contribution in [2.45, 2.75) is 32.6 Å². The summed E-state index contributed by atoms with van der Waals surface area (Å²) in [6, 6.07) is 7.71. The summed E-state index contributed by atoms with van der Waals surface area (Å²) < 4.78 is 0. The first-order chi connectivity index (χ1) is 13.1. The van der Waals surface area contributed by atoms with Gasteiger partial charge in [-0.3, -0.25) is 9.78 Å². The summed E-state index contributed by atoms with van der Waals surface area (Å²) in [4.78, 5) is 31.4. The smallest absolute Gasteiger partial charge is 0.246 e. The van der Waals surface area contributed by atoms with E-state index < -0.39 is 0 Å². The van der Waals surface area contributed by atoms with Gasteiger partial charge in [0.15, 0.2) is 0 Å². The van der Waals surface area contributed by atoms with E-state index in [1.165, 1.54) is 0 Å². The summed E-state index contributed by atoms with van der Waals surface area (Å²) in [7, 11) is 0. The molecule has 0 radical (unpaired) electrons. The number of fused-ring (bicyclic) bond motifs is 1. The molecular weight excluding hydrogens is 338 g/mol. The normalized spacial score (nSPS) is 17.7. The minimum atomic E-state index is 0.00894. The third kappa shape index (κ3) is 3.74. The maximum absolute atomic E-state index is 12.6. The summed E-state index contributed by atoms with van der Waals surface area (Å²) in [5, 5.41) is 0. The Morgan fingerprint density at radius 3 is 2.81 bits per heavy atom. The zero-order valence-electron chi connectivity index (χ0n) is 15.6. The van der Waals surface area contributed by atoms with Crippen LogP contribution in [0.3, 0.4) is 0 Å². The molecule has 0 saturated carbocycles. The number of aryl methyl sites for hydroxylation is 2. The van der Waals surface area contributed by atoms with Gasteiger partial charge in [-0.05, 0) is 44.9 Å². The maximum atomic E-state index is 12.6. The fraction of sp³-hybridized carbons (Fsp3) is 0.333. The van der Waals surface area contributed by atoms with E-state index in [1.54, 1.807) is 18.3 Å². The lowest BCUT2D eigenvalue weighted by atomic mass is 9.97. The molecule has 6 nitrogen and oxygen atoms in total. The molecule has 0 aliphatic carbocycles. The fourth-order valence-corrected chi connectivity index (χ4v) is 3.48. The number of carbonyl (C=O) groups excluding carboxylic acids is 1. The largest absolute Gasteiger partial charge is 0.346 e. The van der Waals surface area contributed by atoms with Crippen LogP contribution in [0.2, 0.25) is 0 Å². The molecule has 0 bridgehead atoms. The number of aromatic amines is 1. The molecule has 1 unspecified atom stereocenters. The summed E-state index contributed by atoms with van der Waals surface area (Å²) in [5.74, 6) is 1.27. The maximum Gasteiger partial charge on any atom is 0.246 e. The Bertz CT molecular complexity index is 987. The van der Waals surface area contributed by atoms with Gasteiger partial charge in [-0.15, -0.1) is 0 Å². The summed E-state index contributed by atoms with van der Waals surface area (Å²) in [6.07, 6.45) is 7.07. The van der Waals surface area contributed by atoms with Crippen molar-refractivity contribution in [1.82, 2.24) is 24.8 Å². The lowest BCUT2D eigenvalue weighted by Crippen LogP contribution is -2.38. The van der Waals surface area contributed by atoms with E-state index in [1.807, 2.05) is 43.0 Å². The lowest BCUT2D eigenvalue weighted by Gasteiger charge is -2.31. The number of nitrogens with one attached hydrogen (secondary N) is 1. The first kappa shape index (κ1) is 17.4. The molecule has 3 aromatic rings. The molecular formula is C21H23N5O. The highest BCUT2D eigenvalue weighted by molar-refractivity contribution is 5.91. The quantitative estimate of drug-likeness (QED) is 0.726. The van der Waals surface area contributed by atoms with Gasteiger partial charge in [0.2, 0.25) is 5.91 Å². The van der Waals surface area contributed by atoms with Crippen molar-refractivity contribution in [3.05, 3.63) is 59.4 Å². The standard InChI is InChI=1S/C21H23N5O/c1-14-15(2)24-21(23-14)16-6-5-11-26(13-16)20(27)10-9-17-12-22-18-7-3-4-8-19(18)25-17/h3-4,7-10,12,16H,5-6,11,13H2,1-2H3,(H,23,24)/b10-9+. The van der Waals surface area contributed by atoms with Crippen LogP contribution in [0.25, 0.3) is 17.1 Å². The van der Waals surface area contributed by atoms with E-state index in [0.717, 1.165) is 47.6 Å². The van der Waals surface area contributed by atoms with Crippen molar-refractivity contribution >= 4 is 23.0 Å². The van der Waals surface area contributed by atoms with Crippen LogP contribution in [0.5, 0.6) is 0 Å². The Labute approximate surface area is 158 Å². The predicted octanol–water partition coefficient (Wildman–Crippen LogP) is 3.39. The molecule has 0 spiro atoms. The SMILES string of the molecule is Cc1nc(C2CCCN(C(=O)/C=C/c3cnc4ccccc4n3)C2)[nH]c1C. The lowest BCUT2D eigenvalue weighted by molar-refractivity contribution is -0.127. The Morgan fingerprint density at radius 1 is 1.22 bits per heavy atom. The molecule has 2 aromatic heterocycles. The van der Waals surface area contributed by atoms with E-state index in [0.29, 0.717) is 12.2 Å². The van der Waals surface area contributed by atoms with Crippen molar-refractivity contribution < 1.29 is 4.79 Å². The molecule has 6 heteroatoms. The van der Waals surface area contributed by atoms with Crippen molar-refractivity contribution in [3.63, 3.8) is 0 Å². The van der Waals surface area contributed by atoms with Gasteiger partial charge >= 0.3 is 0 Å². The number of imidazole rings is 1. The molecule has 1 atom stereocenters. The third-order valence-corrected chi connectivity index (χ3v) is 5.13. The minimum absolute atomic E-state index is 0.00894. The van der Waals surface area contributed by atoms with Gasteiger partial charge in [0.1, 0.15) is 5.82 Å². The zero-order valence-corrected chi connectivity index (χ0v) is 15.6. The second-order valence-electron chi connectivity index (χ2n) is 7.07. The summed E-state index contributed by atoms with van der Waals surface area (Å²) in [5.41, 5.74) is 4.50. The molecule has 4 rings (SSSR count). The molecule has 1 aliphatic rings. The van der Waals surface area contributed by atoms with Gasteiger partial charge in [-0.25, -0.2) is 9.97 Å². The highest BCUT2D eigenvalue weighted by Gasteiger charge is 2.25. The number of carbonyl (C=O) groups is 1. The Balaban J connectivity index is 1.45. The fourth-order valence-electron chi connectivity index (χ4n) is 3.48. The molecule has 3 heterocycles. The van der Waals surface area contributed by atoms with E-state index in [9.17, 15) is 4.79 Å². The van der Waals surface area contributed by atoms with E-state index in [2.05, 4.69) is 19.9 Å². The molecule has 27 heavy (non-hydrogen) atoms. The van der Waals surface area contributed by atoms with Crippen LogP contribution in [0.4, 0.5) is 0 Å². The third-order valence-electron chi connectivity index (χ3n) is 5.13. The van der Waals surface area contributed by atoms with E-state index in [4.69, 9.17) is 0 Å². The number of amides is 1. The second kappa shape index (κ2) is 7.31. The number of rotatable bonds is 3. The number of hydrogen-bond acceptors (Lipinski definition) is 4. The highest BCUT2D eigenvalue weighted by atomic mass is 16.2. The number of H-pyrrole nitrogens is 1. The Hall–Kier alpha value is -3.02. The van der Waals surface area contributed by atoms with Gasteiger partial charge in [-0.1, -0.05) is 12.1 Å². The molecule has 1 N–H and O–H groups in total. The molecule has 138 valence electrons. The van der Waals surface area contributed by atoms with Crippen LogP contribution in [-0.4, -0.2) is 43.8 Å². The first-order valence-electron chi connectivity index (χ1n) is 9.32. The highest BCUT2D eigenvalue weighted by Crippen LogP contribution is 2.26. The number of benzene rings is 1. The van der Waals surface area contributed by atoms with Crippen LogP contribution in [0.15, 0.2) is 36.5 Å². The topological polar surface area (TPSA) is 74.8 Å². The molecule has 1 aromatic carbocycles. The Kier molecular flexibility index (Phi) is 4.71. The van der Waals surface area contributed by atoms with Gasteiger partial charge in [-0.2, -0.15) is 0 Å². The zero-order chi connectivity index (χ0) is 18.8. The van der Waals surface area contributed by atoms with E-state index >= 15 is 0 Å². The van der Waals surface area contributed by atoms with Crippen molar-refractivity contribution in [1.29, 1.82) is 0 Å². The van der Waals surface area contributed by atoms with Crippen LogP contribution in [0.1, 0.15) is 41.7 Å². The van der Waals surface area contributed by atoms with Crippen molar-refractivity contribution in [2.75, 3.05) is 13.1 Å². The van der Waals surface area contributed by atoms with Gasteiger partial charge in [0.05, 0.1) is 28.6 Å². The van der Waals surface area contributed by atoms with Gasteiger partial charge in [0.25, 0.3) is 0 Å². The van der Waals surface area contributed by atoms with Crippen LogP contribution in [-0.2, 0) is 4.79 Å². The van der Waals surface area contributed by atoms with Crippen LogP contribution >= 0.6 is 0 Å². The molecule has 1 aliphatic heterocycles. The minimum Gasteiger partial charge on any atom is -0.346 e. The van der Waals surface area contributed by atoms with Gasteiger partial charge in [0, 0.05) is 30.8 Å². The molecule has 1 amide bonds. The van der Waals surface area contributed by atoms with Crippen molar-refractivity contribution in [2.24, 2.45) is 0 Å². The number of hydrogen-bond donors (Lipinski definition) is 1. The van der Waals surface area contributed by atoms with Crippen molar-refractivity contribution in [3.8, 4) is 0 Å². The number of para-hydroxylation sites is 2. The summed E-state index contributed by atoms with van der Waals surface area (Å²) >= 11 is 0. The first-order valence-corrected chi connectivity index (χ1v) is 9.32.